The van der Waals surface area contributed by atoms with Gasteiger partial charge in [0.1, 0.15) is 0 Å². The first-order chi connectivity index (χ1) is 10.2. The number of carbonyl (C=O) groups is 1. The van der Waals surface area contributed by atoms with Crippen molar-refractivity contribution >= 4 is 17.3 Å². The number of rotatable bonds is 1. The Morgan fingerprint density at radius 1 is 0.952 bits per heavy atom. The molecule has 4 rings (SSSR count). The van der Waals surface area contributed by atoms with Crippen molar-refractivity contribution < 1.29 is 4.79 Å². The number of amides is 1. The summed E-state index contributed by atoms with van der Waals surface area (Å²) in [4.78, 5) is 17.0. The number of fused-ring (bicyclic) bond motifs is 2. The van der Waals surface area contributed by atoms with Crippen molar-refractivity contribution in [1.82, 2.24) is 0 Å². The minimum Gasteiger partial charge on any atom is -0.374 e. The van der Waals surface area contributed by atoms with Crippen LogP contribution in [-0.4, -0.2) is 26.0 Å². The summed E-state index contributed by atoms with van der Waals surface area (Å²) in [5.74, 6) is 0.123. The van der Waals surface area contributed by atoms with Crippen molar-refractivity contribution in [2.75, 3.05) is 29.9 Å². The number of hydrogen-bond acceptors (Lipinski definition) is 2. The molecule has 0 saturated carbocycles. The molecule has 3 heteroatoms. The fourth-order valence-corrected chi connectivity index (χ4v) is 3.40. The molecule has 0 aliphatic carbocycles. The SMILES string of the molecule is CN1CCc2cc(C(=O)N3CCc4ccccc43)ccc21. The summed E-state index contributed by atoms with van der Waals surface area (Å²) >= 11 is 0. The lowest BCUT2D eigenvalue weighted by Gasteiger charge is -2.18. The molecular weight excluding hydrogens is 260 g/mol. The first-order valence-electron chi connectivity index (χ1n) is 7.48. The molecule has 2 aromatic carbocycles. The van der Waals surface area contributed by atoms with Gasteiger partial charge in [-0.25, -0.2) is 0 Å². The number of anilines is 2. The number of benzene rings is 2. The van der Waals surface area contributed by atoms with Gasteiger partial charge in [0.25, 0.3) is 5.91 Å². The molecule has 2 heterocycles. The predicted molar refractivity (Wildman–Crippen MR) is 85.2 cm³/mol. The zero-order valence-corrected chi connectivity index (χ0v) is 12.2. The van der Waals surface area contributed by atoms with Crippen molar-refractivity contribution in [3.63, 3.8) is 0 Å². The van der Waals surface area contributed by atoms with Gasteiger partial charge in [-0.3, -0.25) is 4.79 Å². The van der Waals surface area contributed by atoms with Crippen molar-refractivity contribution in [2.24, 2.45) is 0 Å². The summed E-state index contributed by atoms with van der Waals surface area (Å²) in [6, 6.07) is 14.3. The molecule has 0 saturated heterocycles. The van der Waals surface area contributed by atoms with Crippen LogP contribution in [0.15, 0.2) is 42.5 Å². The molecule has 2 aliphatic heterocycles. The zero-order valence-electron chi connectivity index (χ0n) is 12.2. The van der Waals surface area contributed by atoms with E-state index in [4.69, 9.17) is 0 Å². The van der Waals surface area contributed by atoms with Gasteiger partial charge in [-0.2, -0.15) is 0 Å². The second kappa shape index (κ2) is 4.62. The van der Waals surface area contributed by atoms with Gasteiger partial charge in [-0.15, -0.1) is 0 Å². The summed E-state index contributed by atoms with van der Waals surface area (Å²) in [6.45, 7) is 1.83. The Morgan fingerprint density at radius 2 is 1.76 bits per heavy atom. The summed E-state index contributed by atoms with van der Waals surface area (Å²) in [6.07, 6.45) is 1.99. The molecule has 1 amide bonds. The molecule has 106 valence electrons. The van der Waals surface area contributed by atoms with Gasteiger partial charge in [0.05, 0.1) is 0 Å². The van der Waals surface area contributed by atoms with Crippen LogP contribution in [0.3, 0.4) is 0 Å². The third kappa shape index (κ3) is 1.92. The Bertz CT molecular complexity index is 723. The molecule has 2 aliphatic rings. The van der Waals surface area contributed by atoms with E-state index in [1.807, 2.05) is 29.2 Å². The lowest BCUT2D eigenvalue weighted by atomic mass is 10.1. The molecule has 0 bridgehead atoms. The quantitative estimate of drug-likeness (QED) is 0.801. The van der Waals surface area contributed by atoms with Crippen LogP contribution < -0.4 is 9.80 Å². The van der Waals surface area contributed by atoms with E-state index >= 15 is 0 Å². The van der Waals surface area contributed by atoms with E-state index in [1.165, 1.54) is 16.8 Å². The minimum absolute atomic E-state index is 0.123. The fourth-order valence-electron chi connectivity index (χ4n) is 3.40. The maximum absolute atomic E-state index is 12.8. The Kier molecular flexibility index (Phi) is 2.74. The molecule has 0 unspecified atom stereocenters. The van der Waals surface area contributed by atoms with E-state index in [0.717, 1.165) is 37.2 Å². The second-order valence-corrected chi connectivity index (χ2v) is 5.85. The molecular formula is C18H18N2O. The van der Waals surface area contributed by atoms with Gasteiger partial charge in [0.2, 0.25) is 0 Å². The lowest BCUT2D eigenvalue weighted by molar-refractivity contribution is 0.0989. The first kappa shape index (κ1) is 12.5. The normalized spacial score (nSPS) is 16.0. The second-order valence-electron chi connectivity index (χ2n) is 5.85. The van der Waals surface area contributed by atoms with E-state index in [-0.39, 0.29) is 5.91 Å². The van der Waals surface area contributed by atoms with Crippen LogP contribution in [0.2, 0.25) is 0 Å². The summed E-state index contributed by atoms with van der Waals surface area (Å²) < 4.78 is 0. The topological polar surface area (TPSA) is 23.6 Å². The maximum Gasteiger partial charge on any atom is 0.258 e. The van der Waals surface area contributed by atoms with Crippen LogP contribution in [0.5, 0.6) is 0 Å². The highest BCUT2D eigenvalue weighted by Crippen LogP contribution is 2.31. The van der Waals surface area contributed by atoms with Gasteiger partial charge in [0, 0.05) is 37.1 Å². The average molecular weight is 278 g/mol. The molecule has 2 aromatic rings. The Balaban J connectivity index is 1.68. The number of para-hydroxylation sites is 1. The molecule has 0 atom stereocenters. The zero-order chi connectivity index (χ0) is 14.4. The van der Waals surface area contributed by atoms with Crippen molar-refractivity contribution in [3.8, 4) is 0 Å². The maximum atomic E-state index is 12.8. The third-order valence-electron chi connectivity index (χ3n) is 4.59. The number of carbonyl (C=O) groups excluding carboxylic acids is 1. The molecule has 3 nitrogen and oxygen atoms in total. The first-order valence-corrected chi connectivity index (χ1v) is 7.48. The van der Waals surface area contributed by atoms with Crippen LogP contribution in [0.25, 0.3) is 0 Å². The van der Waals surface area contributed by atoms with Crippen LogP contribution in [-0.2, 0) is 12.8 Å². The monoisotopic (exact) mass is 278 g/mol. The number of likely N-dealkylation sites (N-methyl/N-ethyl adjacent to an activating group) is 1. The fraction of sp³-hybridized carbons (Fsp3) is 0.278. The van der Waals surface area contributed by atoms with Crippen LogP contribution in [0.1, 0.15) is 21.5 Å². The van der Waals surface area contributed by atoms with E-state index in [1.54, 1.807) is 0 Å². The van der Waals surface area contributed by atoms with Crippen LogP contribution in [0, 0.1) is 0 Å². The molecule has 0 aromatic heterocycles. The van der Waals surface area contributed by atoms with Crippen molar-refractivity contribution in [2.45, 2.75) is 12.8 Å². The molecule has 21 heavy (non-hydrogen) atoms. The summed E-state index contributed by atoms with van der Waals surface area (Å²) in [5.41, 5.74) is 5.69. The highest BCUT2D eigenvalue weighted by Gasteiger charge is 2.26. The molecule has 0 fully saturated rings. The van der Waals surface area contributed by atoms with Crippen molar-refractivity contribution in [1.29, 1.82) is 0 Å². The standard InChI is InChI=1S/C18H18N2O/c1-19-10-8-14-12-15(6-7-16(14)19)18(21)20-11-9-13-4-2-3-5-17(13)20/h2-7,12H,8-11H2,1H3. The average Bonchev–Trinajstić information content (AvgIpc) is 3.10. The summed E-state index contributed by atoms with van der Waals surface area (Å²) in [7, 11) is 2.10. The van der Waals surface area contributed by atoms with Gasteiger partial charge in [-0.05, 0) is 48.2 Å². The Labute approximate surface area is 124 Å². The Morgan fingerprint density at radius 3 is 2.67 bits per heavy atom. The predicted octanol–water partition coefficient (Wildman–Crippen LogP) is 2.88. The molecule has 0 radical (unpaired) electrons. The van der Waals surface area contributed by atoms with E-state index in [0.29, 0.717) is 0 Å². The summed E-state index contributed by atoms with van der Waals surface area (Å²) in [5, 5.41) is 0. The van der Waals surface area contributed by atoms with E-state index < -0.39 is 0 Å². The smallest absolute Gasteiger partial charge is 0.258 e. The Hall–Kier alpha value is -2.29. The minimum atomic E-state index is 0.123. The van der Waals surface area contributed by atoms with Gasteiger partial charge >= 0.3 is 0 Å². The van der Waals surface area contributed by atoms with E-state index in [2.05, 4.69) is 30.1 Å². The van der Waals surface area contributed by atoms with Crippen LogP contribution in [0.4, 0.5) is 11.4 Å². The highest BCUT2D eigenvalue weighted by atomic mass is 16.2. The van der Waals surface area contributed by atoms with Gasteiger partial charge in [-0.1, -0.05) is 18.2 Å². The van der Waals surface area contributed by atoms with Gasteiger partial charge in [0.15, 0.2) is 0 Å². The van der Waals surface area contributed by atoms with Gasteiger partial charge < -0.3 is 9.80 Å². The molecule has 0 N–H and O–H groups in total. The molecule has 0 spiro atoms. The number of hydrogen-bond donors (Lipinski definition) is 0. The van der Waals surface area contributed by atoms with Crippen molar-refractivity contribution in [3.05, 3.63) is 59.2 Å². The lowest BCUT2D eigenvalue weighted by Crippen LogP contribution is -2.28. The van der Waals surface area contributed by atoms with Crippen LogP contribution >= 0.6 is 0 Å². The van der Waals surface area contributed by atoms with E-state index in [9.17, 15) is 4.79 Å². The third-order valence-corrected chi connectivity index (χ3v) is 4.59. The highest BCUT2D eigenvalue weighted by molar-refractivity contribution is 6.07. The number of nitrogens with zero attached hydrogens (tertiary/aromatic N) is 2. The largest absolute Gasteiger partial charge is 0.374 e.